The Labute approximate surface area is 117 Å². The summed E-state index contributed by atoms with van der Waals surface area (Å²) in [6.45, 7) is 4.92. The summed E-state index contributed by atoms with van der Waals surface area (Å²) in [5.74, 6) is -0.525. The molecule has 0 N–H and O–H groups in total. The van der Waals surface area contributed by atoms with Crippen LogP contribution in [0.5, 0.6) is 0 Å². The second-order valence-electron chi connectivity index (χ2n) is 4.63. The third kappa shape index (κ3) is 3.75. The number of carbonyl (C=O) groups is 1. The fourth-order valence-electron chi connectivity index (χ4n) is 2.15. The molecule has 1 aromatic carbocycles. The van der Waals surface area contributed by atoms with Gasteiger partial charge in [-0.15, -0.1) is 0 Å². The quantitative estimate of drug-likeness (QED) is 0.850. The van der Waals surface area contributed by atoms with E-state index in [0.717, 1.165) is 13.1 Å². The van der Waals surface area contributed by atoms with Crippen LogP contribution in [-0.2, 0) is 16.0 Å². The van der Waals surface area contributed by atoms with Crippen molar-refractivity contribution in [3.63, 3.8) is 0 Å². The number of nitrogens with zero attached hydrogens (tertiary/aromatic N) is 1. The number of likely N-dealkylation sites (N-methyl/N-ethyl adjacent to an activating group) is 1. The number of benzene rings is 1. The Balaban J connectivity index is 2.00. The third-order valence-corrected chi connectivity index (χ3v) is 3.57. The number of carbonyl (C=O) groups excluding carboxylic acids is 1. The molecule has 0 spiro atoms. The Kier molecular flexibility index (Phi) is 4.91. The molecule has 104 valence electrons. The van der Waals surface area contributed by atoms with E-state index in [1.165, 1.54) is 6.07 Å². The lowest BCUT2D eigenvalue weighted by Crippen LogP contribution is -2.46. The van der Waals surface area contributed by atoms with Gasteiger partial charge >= 0.3 is 0 Å². The number of halogens is 2. The number of rotatable bonds is 4. The van der Waals surface area contributed by atoms with Gasteiger partial charge in [0, 0.05) is 24.5 Å². The lowest BCUT2D eigenvalue weighted by Gasteiger charge is -2.31. The van der Waals surface area contributed by atoms with Crippen molar-refractivity contribution in [2.75, 3.05) is 26.2 Å². The molecule has 0 aliphatic carbocycles. The smallest absolute Gasteiger partial charge is 0.167 e. The predicted octanol–water partition coefficient (Wildman–Crippen LogP) is 2.31. The van der Waals surface area contributed by atoms with E-state index in [1.54, 1.807) is 12.1 Å². The second-order valence-corrected chi connectivity index (χ2v) is 5.07. The molecule has 1 heterocycles. The molecule has 3 nitrogen and oxygen atoms in total. The number of hydrogen-bond donors (Lipinski definition) is 0. The topological polar surface area (TPSA) is 29.5 Å². The van der Waals surface area contributed by atoms with Gasteiger partial charge in [0.15, 0.2) is 5.78 Å². The van der Waals surface area contributed by atoms with Crippen molar-refractivity contribution in [2.45, 2.75) is 19.4 Å². The van der Waals surface area contributed by atoms with Crippen LogP contribution in [0.4, 0.5) is 4.39 Å². The van der Waals surface area contributed by atoms with E-state index in [2.05, 4.69) is 4.90 Å². The maximum Gasteiger partial charge on any atom is 0.167 e. The molecule has 0 aromatic heterocycles. The zero-order chi connectivity index (χ0) is 13.8. The molecule has 1 saturated heterocycles. The minimum Gasteiger partial charge on any atom is -0.368 e. The van der Waals surface area contributed by atoms with E-state index in [0.29, 0.717) is 23.7 Å². The Hall–Kier alpha value is -0.970. The molecule has 0 radical (unpaired) electrons. The van der Waals surface area contributed by atoms with Gasteiger partial charge in [0.2, 0.25) is 0 Å². The van der Waals surface area contributed by atoms with Crippen LogP contribution in [0.15, 0.2) is 18.2 Å². The average Bonchev–Trinajstić information content (AvgIpc) is 2.42. The number of morpholine rings is 1. The highest BCUT2D eigenvalue weighted by Gasteiger charge is 2.26. The van der Waals surface area contributed by atoms with Gasteiger partial charge in [0.1, 0.15) is 11.9 Å². The first-order chi connectivity index (χ1) is 9.10. The minimum absolute atomic E-state index is 0.0468. The fourth-order valence-corrected chi connectivity index (χ4v) is 2.31. The van der Waals surface area contributed by atoms with Crippen molar-refractivity contribution in [2.24, 2.45) is 0 Å². The van der Waals surface area contributed by atoms with Crippen LogP contribution in [0, 0.1) is 5.82 Å². The highest BCUT2D eigenvalue weighted by atomic mass is 35.5. The summed E-state index contributed by atoms with van der Waals surface area (Å²) in [4.78, 5) is 14.3. The molecular weight excluding hydrogens is 269 g/mol. The van der Waals surface area contributed by atoms with Crippen LogP contribution in [0.1, 0.15) is 12.5 Å². The summed E-state index contributed by atoms with van der Waals surface area (Å²) in [5, 5.41) is 0.333. The van der Waals surface area contributed by atoms with Crippen LogP contribution in [0.25, 0.3) is 0 Å². The Morgan fingerprint density at radius 3 is 3.05 bits per heavy atom. The van der Waals surface area contributed by atoms with E-state index in [1.807, 2.05) is 6.92 Å². The van der Waals surface area contributed by atoms with Gasteiger partial charge in [-0.05, 0) is 24.2 Å². The molecule has 0 saturated carbocycles. The Bertz CT molecular complexity index is 467. The van der Waals surface area contributed by atoms with Gasteiger partial charge in [0.05, 0.1) is 6.61 Å². The maximum atomic E-state index is 13.6. The monoisotopic (exact) mass is 285 g/mol. The molecule has 1 aliphatic rings. The standard InChI is InChI=1S/C14H17ClFNO2/c1-2-17-5-6-19-14(9-17)13(18)7-10-3-4-11(15)8-12(10)16/h3-4,8,14H,2,5-7,9H2,1H3. The zero-order valence-electron chi connectivity index (χ0n) is 10.9. The van der Waals surface area contributed by atoms with Gasteiger partial charge in [-0.2, -0.15) is 0 Å². The summed E-state index contributed by atoms with van der Waals surface area (Å²) >= 11 is 5.68. The van der Waals surface area contributed by atoms with Gasteiger partial charge < -0.3 is 4.74 Å². The second kappa shape index (κ2) is 6.46. The first kappa shape index (κ1) is 14.4. The molecule has 1 fully saturated rings. The molecular formula is C14H17ClFNO2. The van der Waals surface area contributed by atoms with E-state index in [-0.39, 0.29) is 12.2 Å². The minimum atomic E-state index is -0.455. The lowest BCUT2D eigenvalue weighted by atomic mass is 10.0. The number of hydrogen-bond acceptors (Lipinski definition) is 3. The summed E-state index contributed by atoms with van der Waals surface area (Å²) in [5.41, 5.74) is 0.367. The molecule has 2 rings (SSSR count). The maximum absolute atomic E-state index is 13.6. The normalized spacial score (nSPS) is 20.5. The predicted molar refractivity (Wildman–Crippen MR) is 72.0 cm³/mol. The van der Waals surface area contributed by atoms with Gasteiger partial charge in [-0.1, -0.05) is 24.6 Å². The van der Waals surface area contributed by atoms with Gasteiger partial charge in [0.25, 0.3) is 0 Å². The van der Waals surface area contributed by atoms with E-state index < -0.39 is 11.9 Å². The van der Waals surface area contributed by atoms with Crippen molar-refractivity contribution >= 4 is 17.4 Å². The van der Waals surface area contributed by atoms with Crippen LogP contribution in [-0.4, -0.2) is 43.0 Å². The Morgan fingerprint density at radius 2 is 2.37 bits per heavy atom. The number of ether oxygens (including phenoxy) is 1. The van der Waals surface area contributed by atoms with E-state index in [4.69, 9.17) is 16.3 Å². The van der Waals surface area contributed by atoms with Crippen molar-refractivity contribution in [3.8, 4) is 0 Å². The average molecular weight is 286 g/mol. The SMILES string of the molecule is CCN1CCOC(C(=O)Cc2ccc(Cl)cc2F)C1. The summed E-state index contributed by atoms with van der Waals surface area (Å²) in [6.07, 6.45) is -0.408. The van der Waals surface area contributed by atoms with E-state index in [9.17, 15) is 9.18 Å². The molecule has 1 atom stereocenters. The summed E-state index contributed by atoms with van der Waals surface area (Å²) < 4.78 is 19.1. The van der Waals surface area contributed by atoms with E-state index >= 15 is 0 Å². The first-order valence-electron chi connectivity index (χ1n) is 6.40. The van der Waals surface area contributed by atoms with Gasteiger partial charge in [-0.25, -0.2) is 4.39 Å². The highest BCUT2D eigenvalue weighted by molar-refractivity contribution is 6.30. The first-order valence-corrected chi connectivity index (χ1v) is 6.78. The Morgan fingerprint density at radius 1 is 1.58 bits per heavy atom. The van der Waals surface area contributed by atoms with Crippen LogP contribution < -0.4 is 0 Å². The highest BCUT2D eigenvalue weighted by Crippen LogP contribution is 2.17. The lowest BCUT2D eigenvalue weighted by molar-refractivity contribution is -0.135. The number of ketones is 1. The molecule has 1 unspecified atom stereocenters. The third-order valence-electron chi connectivity index (χ3n) is 3.34. The van der Waals surface area contributed by atoms with Gasteiger partial charge in [-0.3, -0.25) is 9.69 Å². The van der Waals surface area contributed by atoms with Crippen LogP contribution >= 0.6 is 11.6 Å². The van der Waals surface area contributed by atoms with Crippen LogP contribution in [0.2, 0.25) is 5.02 Å². The largest absolute Gasteiger partial charge is 0.368 e. The summed E-state index contributed by atoms with van der Waals surface area (Å²) in [6, 6.07) is 4.37. The molecule has 1 aromatic rings. The van der Waals surface area contributed by atoms with Crippen molar-refractivity contribution in [1.29, 1.82) is 0 Å². The van der Waals surface area contributed by atoms with Crippen molar-refractivity contribution in [3.05, 3.63) is 34.6 Å². The molecule has 0 bridgehead atoms. The molecule has 19 heavy (non-hydrogen) atoms. The van der Waals surface area contributed by atoms with Crippen LogP contribution in [0.3, 0.4) is 0 Å². The van der Waals surface area contributed by atoms with Crippen molar-refractivity contribution < 1.29 is 13.9 Å². The molecule has 5 heteroatoms. The molecule has 1 aliphatic heterocycles. The van der Waals surface area contributed by atoms with Crippen molar-refractivity contribution in [1.82, 2.24) is 4.90 Å². The number of Topliss-reactive ketones (excluding diaryl/α,β-unsaturated/α-hetero) is 1. The fraction of sp³-hybridized carbons (Fsp3) is 0.500. The molecule has 0 amide bonds. The summed E-state index contributed by atoms with van der Waals surface area (Å²) in [7, 11) is 0. The zero-order valence-corrected chi connectivity index (χ0v) is 11.6.